The average Bonchev–Trinajstić information content (AvgIpc) is 3.17. The molecule has 5 nitrogen and oxygen atoms in total. The van der Waals surface area contributed by atoms with Crippen LogP contribution < -0.4 is 4.74 Å². The average molecular weight is 299 g/mol. The smallest absolute Gasteiger partial charge is 0.226 e. The maximum atomic E-state index is 12.2. The summed E-state index contributed by atoms with van der Waals surface area (Å²) < 4.78 is 5.59. The van der Waals surface area contributed by atoms with Gasteiger partial charge in [-0.2, -0.15) is 0 Å². The molecule has 1 saturated heterocycles. The highest BCUT2D eigenvalue weighted by atomic mass is 16.5. The van der Waals surface area contributed by atoms with E-state index in [1.807, 2.05) is 48.4 Å². The normalized spacial score (nSPS) is 17.7. The van der Waals surface area contributed by atoms with Gasteiger partial charge in [-0.1, -0.05) is 18.2 Å². The van der Waals surface area contributed by atoms with Crippen molar-refractivity contribution >= 4 is 5.91 Å². The zero-order valence-electron chi connectivity index (χ0n) is 12.8. The molecule has 0 spiro atoms. The summed E-state index contributed by atoms with van der Waals surface area (Å²) in [6, 6.07) is 9.59. The van der Waals surface area contributed by atoms with Crippen molar-refractivity contribution in [3.05, 3.63) is 48.0 Å². The number of nitrogens with zero attached hydrogens (tertiary/aromatic N) is 2. The molecule has 0 bridgehead atoms. The highest BCUT2D eigenvalue weighted by molar-refractivity contribution is 5.76. The molecule has 0 saturated carbocycles. The summed E-state index contributed by atoms with van der Waals surface area (Å²) in [5, 5.41) is 0. The van der Waals surface area contributed by atoms with E-state index in [1.54, 1.807) is 0 Å². The summed E-state index contributed by atoms with van der Waals surface area (Å²) in [6.45, 7) is 3.96. The number of likely N-dealkylation sites (tertiary alicyclic amines) is 1. The predicted octanol–water partition coefficient (Wildman–Crippen LogP) is 2.50. The van der Waals surface area contributed by atoms with Crippen LogP contribution in [0.3, 0.4) is 0 Å². The van der Waals surface area contributed by atoms with Crippen molar-refractivity contribution in [2.24, 2.45) is 0 Å². The number of amides is 1. The van der Waals surface area contributed by atoms with Gasteiger partial charge in [0.05, 0.1) is 13.0 Å². The lowest BCUT2D eigenvalue weighted by atomic mass is 10.1. The summed E-state index contributed by atoms with van der Waals surface area (Å²) in [7, 11) is 0. The van der Waals surface area contributed by atoms with Gasteiger partial charge in [0.2, 0.25) is 5.91 Å². The fraction of sp³-hybridized carbons (Fsp3) is 0.412. The Kier molecular flexibility index (Phi) is 4.42. The van der Waals surface area contributed by atoms with Crippen LogP contribution in [0.1, 0.15) is 30.3 Å². The number of ether oxygens (including phenoxy) is 1. The Hall–Kier alpha value is -2.30. The van der Waals surface area contributed by atoms with Crippen molar-refractivity contribution in [3.8, 4) is 5.75 Å². The Morgan fingerprint density at radius 1 is 1.41 bits per heavy atom. The molecule has 2 heterocycles. The zero-order valence-corrected chi connectivity index (χ0v) is 12.8. The lowest BCUT2D eigenvalue weighted by Crippen LogP contribution is -2.29. The van der Waals surface area contributed by atoms with Gasteiger partial charge < -0.3 is 14.6 Å². The van der Waals surface area contributed by atoms with E-state index in [9.17, 15) is 4.79 Å². The number of H-pyrrole nitrogens is 1. The van der Waals surface area contributed by atoms with Crippen LogP contribution in [0, 0.1) is 6.92 Å². The molecule has 1 aliphatic rings. The summed E-state index contributed by atoms with van der Waals surface area (Å²) >= 11 is 0. The van der Waals surface area contributed by atoms with Gasteiger partial charge in [0.15, 0.2) is 0 Å². The lowest BCUT2D eigenvalue weighted by molar-refractivity contribution is -0.130. The maximum absolute atomic E-state index is 12.2. The minimum absolute atomic E-state index is 0.154. The molecule has 22 heavy (non-hydrogen) atoms. The Morgan fingerprint density at radius 2 is 2.23 bits per heavy atom. The van der Waals surface area contributed by atoms with Gasteiger partial charge in [-0.15, -0.1) is 0 Å². The summed E-state index contributed by atoms with van der Waals surface area (Å²) in [5.41, 5.74) is 1.07. The number of nitrogens with one attached hydrogen (secondary N) is 1. The number of carbonyl (C=O) groups is 1. The molecule has 1 aromatic carbocycles. The third kappa shape index (κ3) is 3.47. The van der Waals surface area contributed by atoms with Gasteiger partial charge in [0, 0.05) is 30.9 Å². The highest BCUT2D eigenvalue weighted by Gasteiger charge is 2.28. The van der Waals surface area contributed by atoms with E-state index < -0.39 is 0 Å². The van der Waals surface area contributed by atoms with Crippen LogP contribution in [0.4, 0.5) is 0 Å². The summed E-state index contributed by atoms with van der Waals surface area (Å²) in [5.74, 6) is 2.28. The van der Waals surface area contributed by atoms with Gasteiger partial charge >= 0.3 is 0 Å². The first-order chi connectivity index (χ1) is 10.7. The van der Waals surface area contributed by atoms with E-state index in [4.69, 9.17) is 4.74 Å². The van der Waals surface area contributed by atoms with Crippen LogP contribution in [0.2, 0.25) is 0 Å². The molecule has 0 aliphatic carbocycles. The van der Waals surface area contributed by atoms with E-state index in [-0.39, 0.29) is 5.91 Å². The van der Waals surface area contributed by atoms with Crippen LogP contribution in [0.5, 0.6) is 5.75 Å². The molecule has 0 radical (unpaired) electrons. The molecule has 1 amide bonds. The van der Waals surface area contributed by atoms with Crippen LogP contribution >= 0.6 is 0 Å². The third-order valence-electron chi connectivity index (χ3n) is 3.98. The Labute approximate surface area is 130 Å². The monoisotopic (exact) mass is 299 g/mol. The number of aryl methyl sites for hydroxylation is 1. The maximum Gasteiger partial charge on any atom is 0.226 e. The fourth-order valence-electron chi connectivity index (χ4n) is 2.78. The molecule has 1 atom stereocenters. The van der Waals surface area contributed by atoms with Gasteiger partial charge in [-0.05, 0) is 25.5 Å². The van der Waals surface area contributed by atoms with E-state index in [1.165, 1.54) is 0 Å². The number of carbonyl (C=O) groups excluding carboxylic acids is 1. The number of aromatic nitrogens is 2. The van der Waals surface area contributed by atoms with E-state index in [0.29, 0.717) is 18.9 Å². The first kappa shape index (κ1) is 14.6. The molecule has 1 unspecified atom stereocenters. The summed E-state index contributed by atoms with van der Waals surface area (Å²) in [4.78, 5) is 21.8. The summed E-state index contributed by atoms with van der Waals surface area (Å²) in [6.07, 6.45) is 3.23. The third-order valence-corrected chi connectivity index (χ3v) is 3.98. The Morgan fingerprint density at radius 3 is 2.95 bits per heavy atom. The van der Waals surface area contributed by atoms with E-state index in [2.05, 4.69) is 9.97 Å². The molecule has 1 fully saturated rings. The van der Waals surface area contributed by atoms with Gasteiger partial charge in [-0.25, -0.2) is 4.98 Å². The van der Waals surface area contributed by atoms with E-state index in [0.717, 1.165) is 36.8 Å². The molecule has 1 N–H and O–H groups in total. The van der Waals surface area contributed by atoms with Crippen molar-refractivity contribution in [3.63, 3.8) is 0 Å². The van der Waals surface area contributed by atoms with Crippen molar-refractivity contribution in [2.45, 2.75) is 25.7 Å². The van der Waals surface area contributed by atoms with Crippen molar-refractivity contribution in [1.29, 1.82) is 0 Å². The number of hydrogen-bond acceptors (Lipinski definition) is 3. The first-order valence-electron chi connectivity index (χ1n) is 7.69. The number of benzene rings is 1. The Balaban J connectivity index is 1.45. The molecular formula is C17H21N3O2. The van der Waals surface area contributed by atoms with Gasteiger partial charge in [0.25, 0.3) is 0 Å². The molecular weight excluding hydrogens is 278 g/mol. The lowest BCUT2D eigenvalue weighted by Gasteiger charge is -2.16. The second kappa shape index (κ2) is 6.64. The number of imidazole rings is 1. The van der Waals surface area contributed by atoms with Crippen molar-refractivity contribution in [2.75, 3.05) is 19.7 Å². The zero-order chi connectivity index (χ0) is 15.4. The fourth-order valence-corrected chi connectivity index (χ4v) is 2.78. The molecule has 116 valence electrons. The van der Waals surface area contributed by atoms with Gasteiger partial charge in [-0.3, -0.25) is 4.79 Å². The Bertz CT molecular complexity index is 624. The first-order valence-corrected chi connectivity index (χ1v) is 7.69. The predicted molar refractivity (Wildman–Crippen MR) is 83.8 cm³/mol. The number of aromatic amines is 1. The van der Waals surface area contributed by atoms with Crippen LogP contribution in [-0.4, -0.2) is 40.5 Å². The van der Waals surface area contributed by atoms with Crippen LogP contribution in [-0.2, 0) is 4.79 Å². The van der Waals surface area contributed by atoms with E-state index >= 15 is 0 Å². The van der Waals surface area contributed by atoms with Crippen LogP contribution in [0.25, 0.3) is 0 Å². The minimum Gasteiger partial charge on any atom is -0.493 e. The largest absolute Gasteiger partial charge is 0.493 e. The number of rotatable bonds is 5. The molecule has 3 rings (SSSR count). The standard InChI is InChI=1S/C17H21N3O2/c1-13-11-18-17(19-13)14-7-9-20(12-14)16(21)8-10-22-15-5-3-2-4-6-15/h2-6,11,14H,7-10,12H2,1H3,(H,18,19). The molecule has 2 aromatic rings. The second-order valence-corrected chi connectivity index (χ2v) is 5.69. The number of hydrogen-bond donors (Lipinski definition) is 1. The molecule has 1 aliphatic heterocycles. The quantitative estimate of drug-likeness (QED) is 0.923. The van der Waals surface area contributed by atoms with Gasteiger partial charge in [0.1, 0.15) is 11.6 Å². The second-order valence-electron chi connectivity index (χ2n) is 5.69. The van der Waals surface area contributed by atoms with Crippen molar-refractivity contribution in [1.82, 2.24) is 14.9 Å². The van der Waals surface area contributed by atoms with Crippen molar-refractivity contribution < 1.29 is 9.53 Å². The SMILES string of the molecule is Cc1cnc(C2CCN(C(=O)CCOc3ccccc3)C2)[nH]1. The highest BCUT2D eigenvalue weighted by Crippen LogP contribution is 2.25. The topological polar surface area (TPSA) is 58.2 Å². The molecule has 5 heteroatoms. The number of para-hydroxylation sites is 1. The molecule has 1 aromatic heterocycles. The van der Waals surface area contributed by atoms with Crippen LogP contribution in [0.15, 0.2) is 36.5 Å². The minimum atomic E-state index is 0.154.